The highest BCUT2D eigenvalue weighted by Crippen LogP contribution is 2.27. The van der Waals surface area contributed by atoms with Crippen molar-refractivity contribution < 1.29 is 27.1 Å². The molecule has 0 spiro atoms. The summed E-state index contributed by atoms with van der Waals surface area (Å²) in [5, 5.41) is 9.03. The highest BCUT2D eigenvalue weighted by atomic mass is 32.2. The fourth-order valence-electron chi connectivity index (χ4n) is 3.03. The Morgan fingerprint density at radius 1 is 1.31 bits per heavy atom. The van der Waals surface area contributed by atoms with E-state index in [4.69, 9.17) is 5.11 Å². The van der Waals surface area contributed by atoms with Gasteiger partial charge in [-0.25, -0.2) is 26.7 Å². The second-order valence-corrected chi connectivity index (χ2v) is 7.81. The number of aromatic nitrogens is 1. The number of rotatable bonds is 5. The molecular formula is C16H17F2N3O4S. The van der Waals surface area contributed by atoms with Crippen LogP contribution in [0.2, 0.25) is 0 Å². The summed E-state index contributed by atoms with van der Waals surface area (Å²) in [6.45, 7) is 0.399. The third-order valence-electron chi connectivity index (χ3n) is 4.27. The zero-order chi connectivity index (χ0) is 19.1. The Morgan fingerprint density at radius 2 is 1.96 bits per heavy atom. The standard InChI is InChI=1S/C16H17F2N3O4S/c1-20-9-11(7-14(20)16(22)23)26(24,25)19-10-5-6-21(8-10)15-12(17)3-2-4-13(15)18/h2-4,7,9-10,19H,5-6,8H2,1H3,(H,22,23). The van der Waals surface area contributed by atoms with Gasteiger partial charge < -0.3 is 14.6 Å². The van der Waals surface area contributed by atoms with Crippen LogP contribution in [0.15, 0.2) is 35.4 Å². The number of aromatic carboxylic acids is 1. The van der Waals surface area contributed by atoms with Crippen molar-refractivity contribution in [3.8, 4) is 0 Å². The second kappa shape index (κ2) is 6.69. The van der Waals surface area contributed by atoms with E-state index >= 15 is 0 Å². The van der Waals surface area contributed by atoms with E-state index in [1.807, 2.05) is 0 Å². The van der Waals surface area contributed by atoms with Crippen molar-refractivity contribution in [2.45, 2.75) is 17.4 Å². The highest BCUT2D eigenvalue weighted by Gasteiger charge is 2.31. The molecule has 1 unspecified atom stereocenters. The summed E-state index contributed by atoms with van der Waals surface area (Å²) < 4.78 is 56.4. The van der Waals surface area contributed by atoms with Crippen LogP contribution < -0.4 is 9.62 Å². The minimum Gasteiger partial charge on any atom is -0.477 e. The Hall–Kier alpha value is -2.46. The van der Waals surface area contributed by atoms with E-state index < -0.39 is 33.7 Å². The van der Waals surface area contributed by atoms with Gasteiger partial charge in [0.25, 0.3) is 0 Å². The van der Waals surface area contributed by atoms with Gasteiger partial charge in [0, 0.05) is 32.4 Å². The lowest BCUT2D eigenvalue weighted by Crippen LogP contribution is -2.37. The van der Waals surface area contributed by atoms with Crippen molar-refractivity contribution in [3.05, 3.63) is 47.8 Å². The molecular weight excluding hydrogens is 368 g/mol. The number of halogens is 2. The molecule has 1 aliphatic heterocycles. The minimum atomic E-state index is -3.95. The molecule has 0 aliphatic carbocycles. The predicted molar refractivity (Wildman–Crippen MR) is 89.7 cm³/mol. The second-order valence-electron chi connectivity index (χ2n) is 6.10. The van der Waals surface area contributed by atoms with E-state index in [9.17, 15) is 22.0 Å². The van der Waals surface area contributed by atoms with E-state index in [0.717, 1.165) is 18.2 Å². The lowest BCUT2D eigenvalue weighted by atomic mass is 10.2. The average Bonchev–Trinajstić information content (AvgIpc) is 3.14. The molecule has 1 atom stereocenters. The van der Waals surface area contributed by atoms with Crippen LogP contribution in [-0.2, 0) is 17.1 Å². The molecule has 2 aromatic rings. The van der Waals surface area contributed by atoms with Crippen molar-refractivity contribution in [2.75, 3.05) is 18.0 Å². The smallest absolute Gasteiger partial charge is 0.352 e. The number of anilines is 1. The first-order chi connectivity index (χ1) is 12.2. The van der Waals surface area contributed by atoms with Crippen molar-refractivity contribution in [1.82, 2.24) is 9.29 Å². The molecule has 2 N–H and O–H groups in total. The summed E-state index contributed by atoms with van der Waals surface area (Å²) in [6, 6.07) is 4.07. The molecule has 1 aromatic heterocycles. The summed E-state index contributed by atoms with van der Waals surface area (Å²) >= 11 is 0. The monoisotopic (exact) mass is 385 g/mol. The van der Waals surface area contributed by atoms with Gasteiger partial charge in [-0.05, 0) is 24.6 Å². The van der Waals surface area contributed by atoms with Crippen LogP contribution in [0.1, 0.15) is 16.9 Å². The molecule has 0 bridgehead atoms. The first-order valence-corrected chi connectivity index (χ1v) is 9.28. The quantitative estimate of drug-likeness (QED) is 0.815. The summed E-state index contributed by atoms with van der Waals surface area (Å²) in [5.74, 6) is -2.65. The van der Waals surface area contributed by atoms with Crippen LogP contribution in [0.4, 0.5) is 14.5 Å². The third-order valence-corrected chi connectivity index (χ3v) is 5.76. The number of carboxylic acid groups (broad SMARTS) is 1. The van der Waals surface area contributed by atoms with Gasteiger partial charge in [-0.15, -0.1) is 0 Å². The maximum absolute atomic E-state index is 13.9. The van der Waals surface area contributed by atoms with E-state index in [0.29, 0.717) is 13.0 Å². The summed E-state index contributed by atoms with van der Waals surface area (Å²) in [5.41, 5.74) is -0.339. The Balaban J connectivity index is 1.76. The highest BCUT2D eigenvalue weighted by molar-refractivity contribution is 7.89. The van der Waals surface area contributed by atoms with Gasteiger partial charge in [0.1, 0.15) is 27.9 Å². The average molecular weight is 385 g/mol. The number of hydrogen-bond donors (Lipinski definition) is 2. The summed E-state index contributed by atoms with van der Waals surface area (Å²) in [7, 11) is -2.52. The molecule has 26 heavy (non-hydrogen) atoms. The zero-order valence-corrected chi connectivity index (χ0v) is 14.6. The third kappa shape index (κ3) is 3.42. The normalized spacial score (nSPS) is 17.7. The van der Waals surface area contributed by atoms with Gasteiger partial charge in [0.15, 0.2) is 0 Å². The largest absolute Gasteiger partial charge is 0.477 e. The maximum Gasteiger partial charge on any atom is 0.352 e. The molecule has 0 saturated carbocycles. The summed E-state index contributed by atoms with van der Waals surface area (Å²) in [6.07, 6.45) is 1.57. The Morgan fingerprint density at radius 3 is 2.54 bits per heavy atom. The van der Waals surface area contributed by atoms with Gasteiger partial charge in [-0.1, -0.05) is 6.07 Å². The Labute approximate surface area is 148 Å². The van der Waals surface area contributed by atoms with Gasteiger partial charge in [-0.2, -0.15) is 0 Å². The van der Waals surface area contributed by atoms with E-state index in [-0.39, 0.29) is 22.8 Å². The molecule has 7 nitrogen and oxygen atoms in total. The lowest BCUT2D eigenvalue weighted by molar-refractivity contribution is 0.0686. The number of hydrogen-bond acceptors (Lipinski definition) is 4. The Kier molecular flexibility index (Phi) is 4.72. The van der Waals surface area contributed by atoms with Gasteiger partial charge in [0.05, 0.1) is 0 Å². The molecule has 0 amide bonds. The number of nitrogens with zero attached hydrogens (tertiary/aromatic N) is 2. The Bertz CT molecular complexity index is 938. The van der Waals surface area contributed by atoms with Gasteiger partial charge >= 0.3 is 5.97 Å². The molecule has 1 saturated heterocycles. The van der Waals surface area contributed by atoms with Crippen molar-refractivity contribution in [2.24, 2.45) is 7.05 Å². The molecule has 2 heterocycles. The lowest BCUT2D eigenvalue weighted by Gasteiger charge is -2.20. The first-order valence-electron chi connectivity index (χ1n) is 7.80. The van der Waals surface area contributed by atoms with Crippen LogP contribution >= 0.6 is 0 Å². The number of aryl methyl sites for hydroxylation is 1. The molecule has 1 aromatic carbocycles. The van der Waals surface area contributed by atoms with Crippen LogP contribution in [0.3, 0.4) is 0 Å². The fraction of sp³-hybridized carbons (Fsp3) is 0.312. The molecule has 10 heteroatoms. The number of benzene rings is 1. The van der Waals surface area contributed by atoms with E-state index in [2.05, 4.69) is 4.72 Å². The van der Waals surface area contributed by atoms with Crippen LogP contribution in [0.25, 0.3) is 0 Å². The SMILES string of the molecule is Cn1cc(S(=O)(=O)NC2CCN(c3c(F)cccc3F)C2)cc1C(=O)O. The van der Waals surface area contributed by atoms with E-state index in [1.54, 1.807) is 0 Å². The number of carbonyl (C=O) groups is 1. The molecule has 140 valence electrons. The van der Waals surface area contributed by atoms with Crippen LogP contribution in [0.5, 0.6) is 0 Å². The zero-order valence-electron chi connectivity index (χ0n) is 13.8. The van der Waals surface area contributed by atoms with Crippen molar-refractivity contribution in [1.29, 1.82) is 0 Å². The number of sulfonamides is 1. The maximum atomic E-state index is 13.9. The molecule has 1 fully saturated rings. The number of para-hydroxylation sites is 1. The van der Waals surface area contributed by atoms with E-state index in [1.165, 1.54) is 28.8 Å². The predicted octanol–water partition coefficient (Wildman–Crippen LogP) is 1.56. The minimum absolute atomic E-state index is 0.107. The van der Waals surface area contributed by atoms with Crippen molar-refractivity contribution >= 4 is 21.7 Å². The van der Waals surface area contributed by atoms with Crippen molar-refractivity contribution in [3.63, 3.8) is 0 Å². The van der Waals surface area contributed by atoms with Gasteiger partial charge in [-0.3, -0.25) is 0 Å². The fourth-order valence-corrected chi connectivity index (χ4v) is 4.36. The molecule has 0 radical (unpaired) electrons. The topological polar surface area (TPSA) is 91.6 Å². The first kappa shape index (κ1) is 18.3. The van der Waals surface area contributed by atoms with Crippen LogP contribution in [-0.4, -0.2) is 43.2 Å². The molecule has 3 rings (SSSR count). The number of carboxylic acids is 1. The van der Waals surface area contributed by atoms with Gasteiger partial charge in [0.2, 0.25) is 10.0 Å². The molecule has 1 aliphatic rings. The number of nitrogens with one attached hydrogen (secondary N) is 1. The summed E-state index contributed by atoms with van der Waals surface area (Å²) in [4.78, 5) is 12.3. The van der Waals surface area contributed by atoms with Crippen LogP contribution in [0, 0.1) is 11.6 Å².